The van der Waals surface area contributed by atoms with E-state index in [1.165, 1.54) is 6.08 Å². The topological polar surface area (TPSA) is 40.5 Å². The number of alkyl halides is 1. The van der Waals surface area contributed by atoms with E-state index in [0.29, 0.717) is 6.42 Å². The van der Waals surface area contributed by atoms with Gasteiger partial charge in [-0.2, -0.15) is 0 Å². The smallest absolute Gasteiger partial charge is 0.0773 e. The van der Waals surface area contributed by atoms with Crippen LogP contribution in [-0.2, 0) is 0 Å². The molecule has 0 aromatic heterocycles. The van der Waals surface area contributed by atoms with Gasteiger partial charge in [0.15, 0.2) is 0 Å². The first-order valence-corrected chi connectivity index (χ1v) is 3.64. The molecule has 0 aromatic rings. The Labute approximate surface area is 66.1 Å². The summed E-state index contributed by atoms with van der Waals surface area (Å²) in [6, 6.07) is 0. The lowest BCUT2D eigenvalue weighted by Crippen LogP contribution is -2.23. The van der Waals surface area contributed by atoms with Crippen molar-refractivity contribution in [3.05, 3.63) is 12.7 Å². The molecule has 0 aliphatic carbocycles. The zero-order valence-electron chi connectivity index (χ0n) is 6.00. The van der Waals surface area contributed by atoms with Crippen LogP contribution in [0.25, 0.3) is 0 Å². The summed E-state index contributed by atoms with van der Waals surface area (Å²) in [6.07, 6.45) is 0.532. The van der Waals surface area contributed by atoms with E-state index in [0.717, 1.165) is 0 Å². The molecule has 0 rings (SSSR count). The Hall–Kier alpha value is -0.0500. The molecule has 0 unspecified atom stereocenters. The molecule has 0 radical (unpaired) electrons. The second kappa shape index (κ2) is 4.72. The van der Waals surface area contributed by atoms with Gasteiger partial charge in [0.05, 0.1) is 17.6 Å². The Balaban J connectivity index is 3.60. The number of aliphatic hydroxyl groups is 2. The van der Waals surface area contributed by atoms with Crippen LogP contribution in [0.5, 0.6) is 0 Å². The van der Waals surface area contributed by atoms with Gasteiger partial charge in [-0.1, -0.05) is 6.08 Å². The first-order chi connectivity index (χ1) is 4.57. The van der Waals surface area contributed by atoms with E-state index >= 15 is 0 Å². The fourth-order valence-corrected chi connectivity index (χ4v) is 0.739. The molecule has 2 nitrogen and oxygen atoms in total. The van der Waals surface area contributed by atoms with Gasteiger partial charge in [-0.15, -0.1) is 18.2 Å². The lowest BCUT2D eigenvalue weighted by atomic mass is 10.1. The average molecular weight is 165 g/mol. The Morgan fingerprint density at radius 2 is 2.10 bits per heavy atom. The molecule has 0 bridgehead atoms. The molecule has 2 N–H and O–H groups in total. The van der Waals surface area contributed by atoms with E-state index in [1.807, 2.05) is 0 Å². The number of hydrogen-bond donors (Lipinski definition) is 2. The number of halogens is 1. The van der Waals surface area contributed by atoms with Gasteiger partial charge in [0.1, 0.15) is 0 Å². The summed E-state index contributed by atoms with van der Waals surface area (Å²) in [5, 5.41) is 17.5. The van der Waals surface area contributed by atoms with Crippen molar-refractivity contribution in [2.24, 2.45) is 0 Å². The van der Waals surface area contributed by atoms with Crippen LogP contribution in [-0.4, -0.2) is 27.8 Å². The lowest BCUT2D eigenvalue weighted by molar-refractivity contribution is 0.0943. The van der Waals surface area contributed by atoms with Crippen molar-refractivity contribution >= 4 is 11.6 Å². The quantitative estimate of drug-likeness (QED) is 0.479. The molecule has 0 aromatic carbocycles. The predicted molar refractivity (Wildman–Crippen MR) is 42.1 cm³/mol. The summed E-state index contributed by atoms with van der Waals surface area (Å²) in [5.41, 5.74) is 0. The molecule has 10 heavy (non-hydrogen) atoms. The van der Waals surface area contributed by atoms with Crippen molar-refractivity contribution in [1.29, 1.82) is 0 Å². The third-order valence-corrected chi connectivity index (χ3v) is 1.64. The highest BCUT2D eigenvalue weighted by Gasteiger charge is 2.14. The molecule has 0 saturated carbocycles. The molecule has 0 heterocycles. The van der Waals surface area contributed by atoms with E-state index < -0.39 is 17.6 Å². The molecule has 0 aliphatic heterocycles. The fraction of sp³-hybridized carbons (Fsp3) is 0.714. The van der Waals surface area contributed by atoms with Gasteiger partial charge in [-0.25, -0.2) is 0 Å². The van der Waals surface area contributed by atoms with Crippen LogP contribution in [0.4, 0.5) is 0 Å². The molecule has 0 spiro atoms. The van der Waals surface area contributed by atoms with Crippen LogP contribution in [0.3, 0.4) is 0 Å². The Bertz CT molecular complexity index is 104. The number of aliphatic hydroxyl groups excluding tert-OH is 2. The van der Waals surface area contributed by atoms with Gasteiger partial charge in [-0.05, 0) is 6.92 Å². The summed E-state index contributed by atoms with van der Waals surface area (Å²) < 4.78 is 0. The Kier molecular flexibility index (Phi) is 4.69. The van der Waals surface area contributed by atoms with Gasteiger partial charge < -0.3 is 10.2 Å². The summed E-state index contributed by atoms with van der Waals surface area (Å²) in [6.45, 7) is 5.02. The molecule has 60 valence electrons. The Morgan fingerprint density at radius 1 is 1.60 bits per heavy atom. The zero-order valence-corrected chi connectivity index (χ0v) is 6.75. The van der Waals surface area contributed by atoms with Crippen LogP contribution < -0.4 is 0 Å². The second-order valence-corrected chi connectivity index (χ2v) is 2.84. The largest absolute Gasteiger partial charge is 0.393 e. The Morgan fingerprint density at radius 3 is 2.40 bits per heavy atom. The number of hydrogen-bond acceptors (Lipinski definition) is 2. The van der Waals surface area contributed by atoms with Crippen LogP contribution in [0.15, 0.2) is 12.7 Å². The maximum Gasteiger partial charge on any atom is 0.0773 e. The molecular weight excluding hydrogens is 152 g/mol. The van der Waals surface area contributed by atoms with Crippen LogP contribution in [0.1, 0.15) is 13.3 Å². The van der Waals surface area contributed by atoms with Gasteiger partial charge in [0, 0.05) is 6.42 Å². The fourth-order valence-electron chi connectivity index (χ4n) is 0.637. The van der Waals surface area contributed by atoms with Crippen molar-refractivity contribution in [3.8, 4) is 0 Å². The minimum Gasteiger partial charge on any atom is -0.393 e. The molecule has 3 heteroatoms. The van der Waals surface area contributed by atoms with Gasteiger partial charge >= 0.3 is 0 Å². The van der Waals surface area contributed by atoms with E-state index in [9.17, 15) is 0 Å². The van der Waals surface area contributed by atoms with Crippen molar-refractivity contribution in [3.63, 3.8) is 0 Å². The van der Waals surface area contributed by atoms with Crippen molar-refractivity contribution in [2.75, 3.05) is 0 Å². The first-order valence-electron chi connectivity index (χ1n) is 3.20. The standard InChI is InChI=1S/C7H13ClO2/c1-3-6(8)7(10)4-5(2)9/h3,5-7,9-10H,1,4H2,2H3/t5-,6+,7+/m1/s1. The van der Waals surface area contributed by atoms with Crippen molar-refractivity contribution in [2.45, 2.75) is 30.9 Å². The van der Waals surface area contributed by atoms with E-state index in [1.54, 1.807) is 6.92 Å². The summed E-state index contributed by atoms with van der Waals surface area (Å²) in [7, 11) is 0. The van der Waals surface area contributed by atoms with Crippen molar-refractivity contribution in [1.82, 2.24) is 0 Å². The highest BCUT2D eigenvalue weighted by Crippen LogP contribution is 2.09. The SMILES string of the molecule is C=C[C@H](Cl)[C@@H](O)C[C@@H](C)O. The van der Waals surface area contributed by atoms with Gasteiger partial charge in [0.2, 0.25) is 0 Å². The second-order valence-electron chi connectivity index (χ2n) is 2.33. The highest BCUT2D eigenvalue weighted by molar-refractivity contribution is 6.22. The molecule has 0 aliphatic rings. The maximum atomic E-state index is 9.12. The molecular formula is C7H13ClO2. The monoisotopic (exact) mass is 164 g/mol. The van der Waals surface area contributed by atoms with Gasteiger partial charge in [0.25, 0.3) is 0 Å². The maximum absolute atomic E-state index is 9.12. The summed E-state index contributed by atoms with van der Waals surface area (Å²) in [4.78, 5) is 0. The third kappa shape index (κ3) is 3.88. The third-order valence-electron chi connectivity index (χ3n) is 1.18. The zero-order chi connectivity index (χ0) is 8.15. The van der Waals surface area contributed by atoms with Crippen LogP contribution >= 0.6 is 11.6 Å². The van der Waals surface area contributed by atoms with E-state index in [-0.39, 0.29) is 0 Å². The van der Waals surface area contributed by atoms with E-state index in [2.05, 4.69) is 6.58 Å². The molecule has 0 saturated heterocycles. The normalized spacial score (nSPS) is 19.6. The van der Waals surface area contributed by atoms with Crippen LogP contribution in [0.2, 0.25) is 0 Å². The number of rotatable bonds is 4. The van der Waals surface area contributed by atoms with E-state index in [4.69, 9.17) is 21.8 Å². The summed E-state index contributed by atoms with van der Waals surface area (Å²) in [5.74, 6) is 0. The highest BCUT2D eigenvalue weighted by atomic mass is 35.5. The van der Waals surface area contributed by atoms with Gasteiger partial charge in [-0.3, -0.25) is 0 Å². The molecule has 0 fully saturated rings. The average Bonchev–Trinajstić information content (AvgIpc) is 1.85. The first kappa shape index (κ1) is 9.95. The molecule has 3 atom stereocenters. The molecule has 0 amide bonds. The lowest BCUT2D eigenvalue weighted by Gasteiger charge is -2.14. The van der Waals surface area contributed by atoms with Crippen molar-refractivity contribution < 1.29 is 10.2 Å². The predicted octanol–water partition coefficient (Wildman–Crippen LogP) is 0.912. The van der Waals surface area contributed by atoms with Crippen LogP contribution in [0, 0.1) is 0 Å². The summed E-state index contributed by atoms with van der Waals surface area (Å²) >= 11 is 5.58. The minimum absolute atomic E-state index is 0.292. The minimum atomic E-state index is -0.695.